The van der Waals surface area contributed by atoms with E-state index in [1.165, 1.54) is 13.5 Å². The van der Waals surface area contributed by atoms with Gasteiger partial charge in [-0.15, -0.1) is 0 Å². The Morgan fingerprint density at radius 3 is 2.50 bits per heavy atom. The molecular weight excluding hydrogens is 156 g/mol. The molecule has 0 aromatic carbocycles. The molecule has 1 saturated heterocycles. The van der Waals surface area contributed by atoms with E-state index in [1.54, 1.807) is 0 Å². The molecule has 70 valence electrons. The summed E-state index contributed by atoms with van der Waals surface area (Å²) in [6, 6.07) is 0. The number of hydrogen-bond acceptors (Lipinski definition) is 4. The van der Waals surface area contributed by atoms with Crippen LogP contribution in [0.3, 0.4) is 0 Å². The quantitative estimate of drug-likeness (QED) is 0.592. The van der Waals surface area contributed by atoms with Crippen molar-refractivity contribution in [2.45, 2.75) is 25.4 Å². The summed E-state index contributed by atoms with van der Waals surface area (Å²) in [5.41, 5.74) is 5.65. The van der Waals surface area contributed by atoms with Crippen LogP contribution in [0.25, 0.3) is 0 Å². The van der Waals surface area contributed by atoms with Gasteiger partial charge in [-0.3, -0.25) is 4.90 Å². The molecule has 0 unspecified atom stereocenters. The van der Waals surface area contributed by atoms with Gasteiger partial charge in [0.05, 0.1) is 7.11 Å². The fourth-order valence-corrected chi connectivity index (χ4v) is 1.47. The van der Waals surface area contributed by atoms with Crippen LogP contribution in [0, 0.1) is 0 Å². The largest absolute Gasteiger partial charge is 0.467 e. The zero-order valence-corrected chi connectivity index (χ0v) is 7.45. The minimum atomic E-state index is -0.560. The molecule has 2 N–H and O–H groups in total. The van der Waals surface area contributed by atoms with E-state index in [0.717, 1.165) is 25.9 Å². The fraction of sp³-hybridized carbons (Fsp3) is 0.875. The molecule has 0 bridgehead atoms. The summed E-state index contributed by atoms with van der Waals surface area (Å²) in [6.07, 6.45) is 2.94. The van der Waals surface area contributed by atoms with Crippen LogP contribution in [-0.2, 0) is 9.53 Å². The summed E-state index contributed by atoms with van der Waals surface area (Å²) in [5, 5.41) is 0. The number of rotatable bonds is 2. The van der Waals surface area contributed by atoms with Crippen molar-refractivity contribution in [3.05, 3.63) is 0 Å². The number of likely N-dealkylation sites (tertiary alicyclic amines) is 1. The minimum Gasteiger partial charge on any atom is -0.467 e. The van der Waals surface area contributed by atoms with Crippen molar-refractivity contribution in [1.82, 2.24) is 4.90 Å². The van der Waals surface area contributed by atoms with Gasteiger partial charge < -0.3 is 10.5 Å². The van der Waals surface area contributed by atoms with Crippen molar-refractivity contribution in [3.63, 3.8) is 0 Å². The van der Waals surface area contributed by atoms with E-state index in [0.29, 0.717) is 0 Å². The Morgan fingerprint density at radius 2 is 2.00 bits per heavy atom. The van der Waals surface area contributed by atoms with Crippen LogP contribution in [0.5, 0.6) is 0 Å². The summed E-state index contributed by atoms with van der Waals surface area (Å²) in [4.78, 5) is 13.0. The number of nitrogens with two attached hydrogens (primary N) is 1. The zero-order valence-electron chi connectivity index (χ0n) is 7.45. The number of carbonyl (C=O) groups excluding carboxylic acids is 1. The van der Waals surface area contributed by atoms with Gasteiger partial charge in [-0.05, 0) is 12.8 Å². The number of hydrogen-bond donors (Lipinski definition) is 1. The second-order valence-electron chi connectivity index (χ2n) is 3.06. The molecule has 12 heavy (non-hydrogen) atoms. The smallest absolute Gasteiger partial charge is 0.337 e. The molecule has 1 heterocycles. The zero-order chi connectivity index (χ0) is 8.97. The molecule has 0 aromatic heterocycles. The summed E-state index contributed by atoms with van der Waals surface area (Å²) in [7, 11) is 1.37. The number of piperidine rings is 1. The molecule has 1 aliphatic heterocycles. The number of carbonyl (C=O) groups is 1. The summed E-state index contributed by atoms with van der Waals surface area (Å²) < 4.78 is 4.56. The van der Waals surface area contributed by atoms with Gasteiger partial charge in [-0.25, -0.2) is 4.79 Å². The van der Waals surface area contributed by atoms with E-state index in [-0.39, 0.29) is 5.97 Å². The molecule has 0 radical (unpaired) electrons. The average molecular weight is 172 g/mol. The first-order chi connectivity index (χ1) is 5.75. The Morgan fingerprint density at radius 1 is 1.42 bits per heavy atom. The molecule has 4 heteroatoms. The molecule has 0 amide bonds. The second-order valence-corrected chi connectivity index (χ2v) is 3.06. The van der Waals surface area contributed by atoms with Crippen molar-refractivity contribution >= 4 is 5.97 Å². The highest BCUT2D eigenvalue weighted by Gasteiger charge is 2.23. The van der Waals surface area contributed by atoms with Gasteiger partial charge in [0.1, 0.15) is 0 Å². The van der Waals surface area contributed by atoms with Gasteiger partial charge in [0.25, 0.3) is 0 Å². The molecule has 1 rings (SSSR count). The van der Waals surface area contributed by atoms with Gasteiger partial charge in [0.15, 0.2) is 6.17 Å². The van der Waals surface area contributed by atoms with E-state index in [1.807, 2.05) is 4.90 Å². The van der Waals surface area contributed by atoms with E-state index in [9.17, 15) is 4.79 Å². The number of nitrogens with zero attached hydrogens (tertiary/aromatic N) is 1. The summed E-state index contributed by atoms with van der Waals surface area (Å²) >= 11 is 0. The lowest BCUT2D eigenvalue weighted by molar-refractivity contribution is -0.147. The van der Waals surface area contributed by atoms with E-state index in [2.05, 4.69) is 4.74 Å². The summed E-state index contributed by atoms with van der Waals surface area (Å²) in [6.45, 7) is 1.83. The molecular formula is C8H16N2O2. The standard InChI is InChI=1S/C8H16N2O2/c1-12-8(11)7(9)10-5-3-2-4-6-10/h7H,2-6,9H2,1H3/t7-/m0/s1. The molecule has 0 spiro atoms. The minimum absolute atomic E-state index is 0.336. The van der Waals surface area contributed by atoms with Crippen molar-refractivity contribution in [1.29, 1.82) is 0 Å². The first-order valence-electron chi connectivity index (χ1n) is 4.33. The van der Waals surface area contributed by atoms with Crippen LogP contribution in [0.2, 0.25) is 0 Å². The van der Waals surface area contributed by atoms with E-state index >= 15 is 0 Å². The van der Waals surface area contributed by atoms with Crippen LogP contribution in [0.1, 0.15) is 19.3 Å². The van der Waals surface area contributed by atoms with E-state index in [4.69, 9.17) is 5.73 Å². The number of esters is 1. The average Bonchev–Trinajstić information content (AvgIpc) is 2.17. The van der Waals surface area contributed by atoms with Gasteiger partial charge in [-0.2, -0.15) is 0 Å². The third-order valence-electron chi connectivity index (χ3n) is 2.23. The van der Waals surface area contributed by atoms with Gasteiger partial charge in [-0.1, -0.05) is 6.42 Å². The maximum absolute atomic E-state index is 11.0. The van der Waals surface area contributed by atoms with Crippen molar-refractivity contribution in [2.24, 2.45) is 5.73 Å². The van der Waals surface area contributed by atoms with Gasteiger partial charge in [0.2, 0.25) is 0 Å². The third-order valence-corrected chi connectivity index (χ3v) is 2.23. The van der Waals surface area contributed by atoms with Crippen molar-refractivity contribution in [2.75, 3.05) is 20.2 Å². The SMILES string of the molecule is COC(=O)[C@@H](N)N1CCCCC1. The Labute approximate surface area is 72.7 Å². The van der Waals surface area contributed by atoms with Crippen LogP contribution in [0.15, 0.2) is 0 Å². The predicted octanol–water partition coefficient (Wildman–Crippen LogP) is -0.0699. The van der Waals surface area contributed by atoms with Gasteiger partial charge >= 0.3 is 5.97 Å². The maximum Gasteiger partial charge on any atom is 0.337 e. The Hall–Kier alpha value is -0.610. The highest BCUT2D eigenvalue weighted by atomic mass is 16.5. The first kappa shape index (κ1) is 9.48. The molecule has 0 saturated carbocycles. The number of methoxy groups -OCH3 is 1. The number of ether oxygens (including phenoxy) is 1. The Balaban J connectivity index is 2.39. The highest BCUT2D eigenvalue weighted by molar-refractivity contribution is 5.74. The lowest BCUT2D eigenvalue weighted by Crippen LogP contribution is -2.50. The lowest BCUT2D eigenvalue weighted by Gasteiger charge is -2.29. The Kier molecular flexibility index (Phi) is 3.49. The second kappa shape index (κ2) is 4.42. The van der Waals surface area contributed by atoms with E-state index < -0.39 is 6.17 Å². The van der Waals surface area contributed by atoms with Crippen LogP contribution in [0.4, 0.5) is 0 Å². The third kappa shape index (κ3) is 2.19. The van der Waals surface area contributed by atoms with Crippen molar-refractivity contribution in [3.8, 4) is 0 Å². The van der Waals surface area contributed by atoms with Crippen LogP contribution in [-0.4, -0.2) is 37.2 Å². The first-order valence-corrected chi connectivity index (χ1v) is 4.33. The fourth-order valence-electron chi connectivity index (χ4n) is 1.47. The van der Waals surface area contributed by atoms with Crippen LogP contribution < -0.4 is 5.73 Å². The molecule has 0 aliphatic carbocycles. The molecule has 0 aromatic rings. The molecule has 1 fully saturated rings. The highest BCUT2D eigenvalue weighted by Crippen LogP contribution is 2.10. The summed E-state index contributed by atoms with van der Waals surface area (Å²) in [5.74, 6) is -0.336. The Bertz CT molecular complexity index is 155. The molecule has 1 aliphatic rings. The topological polar surface area (TPSA) is 55.6 Å². The lowest BCUT2D eigenvalue weighted by atomic mass is 10.1. The van der Waals surface area contributed by atoms with Crippen LogP contribution >= 0.6 is 0 Å². The monoisotopic (exact) mass is 172 g/mol. The van der Waals surface area contributed by atoms with Crippen molar-refractivity contribution < 1.29 is 9.53 Å². The molecule has 4 nitrogen and oxygen atoms in total. The predicted molar refractivity (Wildman–Crippen MR) is 45.4 cm³/mol. The van der Waals surface area contributed by atoms with Gasteiger partial charge in [0, 0.05) is 13.1 Å². The molecule has 1 atom stereocenters. The maximum atomic E-state index is 11.0. The normalized spacial score (nSPS) is 21.8.